The van der Waals surface area contributed by atoms with E-state index in [-0.39, 0.29) is 12.2 Å². The maximum absolute atomic E-state index is 11.7. The number of hydrogen-bond donors (Lipinski definition) is 5. The largest absolute Gasteiger partial charge is 0.480 e. The monoisotopic (exact) mass is 292 g/mol. The Balaban J connectivity index is 2.27. The van der Waals surface area contributed by atoms with Crippen molar-refractivity contribution in [2.45, 2.75) is 37.7 Å². The lowest BCUT2D eigenvalue weighted by atomic mass is 9.77. The molecule has 0 fully saturated rings. The van der Waals surface area contributed by atoms with Crippen LogP contribution in [0.2, 0.25) is 6.32 Å². The molecule has 0 bridgehead atoms. The fourth-order valence-corrected chi connectivity index (χ4v) is 3.13. The van der Waals surface area contributed by atoms with Gasteiger partial charge in [-0.15, -0.1) is 0 Å². The van der Waals surface area contributed by atoms with E-state index < -0.39 is 18.6 Å². The summed E-state index contributed by atoms with van der Waals surface area (Å²) in [4.78, 5) is 11.7. The Kier molecular flexibility index (Phi) is 4.68. The van der Waals surface area contributed by atoms with Gasteiger partial charge in [-0.05, 0) is 41.8 Å². The molecule has 0 unspecified atom stereocenters. The summed E-state index contributed by atoms with van der Waals surface area (Å²) in [7, 11) is -1.37. The Morgan fingerprint density at radius 1 is 1.43 bits per heavy atom. The molecule has 2 atom stereocenters. The molecule has 1 aliphatic carbocycles. The van der Waals surface area contributed by atoms with Crippen molar-refractivity contribution < 1.29 is 19.9 Å². The first-order valence-electron chi connectivity index (χ1n) is 7.10. The van der Waals surface area contributed by atoms with Gasteiger partial charge in [0.05, 0.1) is 0 Å². The molecule has 0 aromatic heterocycles. The quantitative estimate of drug-likeness (QED) is 0.462. The molecule has 1 aromatic carbocycles. The molecule has 6 nitrogen and oxygen atoms in total. The van der Waals surface area contributed by atoms with Gasteiger partial charge in [0.2, 0.25) is 0 Å². The number of carboxylic acid groups (broad SMARTS) is 1. The smallest absolute Gasteiger partial charge is 0.451 e. The van der Waals surface area contributed by atoms with E-state index >= 15 is 0 Å². The maximum atomic E-state index is 11.7. The van der Waals surface area contributed by atoms with E-state index in [4.69, 9.17) is 21.5 Å². The van der Waals surface area contributed by atoms with Crippen LogP contribution in [0.5, 0.6) is 0 Å². The summed E-state index contributed by atoms with van der Waals surface area (Å²) < 4.78 is 0. The molecule has 1 aromatic rings. The van der Waals surface area contributed by atoms with Gasteiger partial charge in [-0.1, -0.05) is 24.6 Å². The molecule has 0 heterocycles. The minimum absolute atomic E-state index is 0.219. The zero-order valence-electron chi connectivity index (χ0n) is 11.8. The summed E-state index contributed by atoms with van der Waals surface area (Å²) in [5.74, 6) is -1.30. The zero-order valence-corrected chi connectivity index (χ0v) is 11.8. The van der Waals surface area contributed by atoms with Gasteiger partial charge in [0.1, 0.15) is 5.54 Å². The van der Waals surface area contributed by atoms with Crippen LogP contribution in [0, 0.1) is 5.92 Å². The third-order valence-electron chi connectivity index (χ3n) is 4.33. The molecule has 114 valence electrons. The van der Waals surface area contributed by atoms with Crippen LogP contribution in [0.15, 0.2) is 18.2 Å². The number of hydrogen-bond acceptors (Lipinski definition) is 5. The van der Waals surface area contributed by atoms with E-state index in [1.54, 1.807) is 6.07 Å². The third kappa shape index (κ3) is 2.96. The Morgan fingerprint density at radius 3 is 2.71 bits per heavy atom. The predicted octanol–water partition coefficient (Wildman–Crippen LogP) is -0.191. The molecular weight excluding hydrogens is 271 g/mol. The first kappa shape index (κ1) is 16.0. The number of rotatable bonds is 6. The summed E-state index contributed by atoms with van der Waals surface area (Å²) in [5.41, 5.74) is 12.8. The van der Waals surface area contributed by atoms with Crippen LogP contribution in [0.25, 0.3) is 0 Å². The molecule has 7 heteroatoms. The summed E-state index contributed by atoms with van der Waals surface area (Å²) in [6, 6.07) is 5.56. The van der Waals surface area contributed by atoms with Crippen molar-refractivity contribution in [2.24, 2.45) is 17.4 Å². The second kappa shape index (κ2) is 6.15. The van der Waals surface area contributed by atoms with Crippen LogP contribution in [0.1, 0.15) is 29.5 Å². The Bertz CT molecular complexity index is 538. The highest BCUT2D eigenvalue weighted by atomic mass is 16.4. The van der Waals surface area contributed by atoms with Gasteiger partial charge in [-0.25, -0.2) is 4.79 Å². The van der Waals surface area contributed by atoms with E-state index in [9.17, 15) is 9.90 Å². The standard InChI is InChI=1S/C14H21BN2O4/c16-8-9-3-4-10-7-11(2-1-5-15(20)21)14(17,13(18)19)12(10)6-9/h3-4,6,11,20-21H,1-2,5,7-8,16-17H2,(H,18,19)/t11-,14+/m0/s1. The van der Waals surface area contributed by atoms with Gasteiger partial charge in [0.25, 0.3) is 0 Å². The summed E-state index contributed by atoms with van der Waals surface area (Å²) in [6.07, 6.45) is 1.86. The van der Waals surface area contributed by atoms with Crippen LogP contribution < -0.4 is 11.5 Å². The summed E-state index contributed by atoms with van der Waals surface area (Å²) in [5, 5.41) is 27.4. The average molecular weight is 292 g/mol. The van der Waals surface area contributed by atoms with Gasteiger partial charge < -0.3 is 26.6 Å². The average Bonchev–Trinajstić information content (AvgIpc) is 2.72. The van der Waals surface area contributed by atoms with Crippen molar-refractivity contribution in [3.05, 3.63) is 34.9 Å². The predicted molar refractivity (Wildman–Crippen MR) is 79.3 cm³/mol. The Morgan fingerprint density at radius 2 is 2.14 bits per heavy atom. The number of carboxylic acids is 1. The molecule has 0 aliphatic heterocycles. The van der Waals surface area contributed by atoms with Crippen molar-refractivity contribution >= 4 is 13.1 Å². The van der Waals surface area contributed by atoms with Crippen molar-refractivity contribution in [2.75, 3.05) is 0 Å². The van der Waals surface area contributed by atoms with Gasteiger partial charge in [0, 0.05) is 6.54 Å². The van der Waals surface area contributed by atoms with Crippen molar-refractivity contribution in [1.29, 1.82) is 0 Å². The highest BCUT2D eigenvalue weighted by molar-refractivity contribution is 6.40. The highest BCUT2D eigenvalue weighted by Gasteiger charge is 2.49. The second-order valence-electron chi connectivity index (χ2n) is 5.68. The van der Waals surface area contributed by atoms with E-state index in [1.807, 2.05) is 12.1 Å². The molecule has 0 amide bonds. The lowest BCUT2D eigenvalue weighted by Gasteiger charge is -2.28. The summed E-state index contributed by atoms with van der Waals surface area (Å²) >= 11 is 0. The molecule has 0 saturated carbocycles. The van der Waals surface area contributed by atoms with Gasteiger partial charge >= 0.3 is 13.1 Å². The molecule has 21 heavy (non-hydrogen) atoms. The van der Waals surface area contributed by atoms with E-state index in [2.05, 4.69) is 0 Å². The summed E-state index contributed by atoms with van der Waals surface area (Å²) in [6.45, 7) is 0.338. The zero-order chi connectivity index (χ0) is 15.6. The van der Waals surface area contributed by atoms with Gasteiger partial charge in [-0.2, -0.15) is 0 Å². The van der Waals surface area contributed by atoms with Crippen molar-refractivity contribution in [1.82, 2.24) is 0 Å². The lowest BCUT2D eigenvalue weighted by molar-refractivity contribution is -0.145. The molecule has 7 N–H and O–H groups in total. The second-order valence-corrected chi connectivity index (χ2v) is 5.68. The number of carbonyl (C=O) groups is 1. The van der Waals surface area contributed by atoms with Gasteiger partial charge in [0.15, 0.2) is 0 Å². The minimum Gasteiger partial charge on any atom is -0.480 e. The maximum Gasteiger partial charge on any atom is 0.451 e. The molecule has 0 saturated heterocycles. The van der Waals surface area contributed by atoms with E-state index in [0.717, 1.165) is 11.1 Å². The molecule has 0 radical (unpaired) electrons. The first-order valence-corrected chi connectivity index (χ1v) is 7.10. The molecule has 2 rings (SSSR count). The molecule has 1 aliphatic rings. The fraction of sp³-hybridized carbons (Fsp3) is 0.500. The van der Waals surface area contributed by atoms with Crippen LogP contribution in [-0.2, 0) is 23.3 Å². The van der Waals surface area contributed by atoms with Crippen LogP contribution in [-0.4, -0.2) is 28.2 Å². The van der Waals surface area contributed by atoms with Crippen LogP contribution in [0.4, 0.5) is 0 Å². The number of aliphatic carboxylic acids is 1. The van der Waals surface area contributed by atoms with Gasteiger partial charge in [-0.3, -0.25) is 0 Å². The first-order chi connectivity index (χ1) is 9.89. The van der Waals surface area contributed by atoms with Crippen LogP contribution >= 0.6 is 0 Å². The van der Waals surface area contributed by atoms with E-state index in [1.165, 1.54) is 0 Å². The lowest BCUT2D eigenvalue weighted by Crippen LogP contribution is -2.48. The number of nitrogens with two attached hydrogens (primary N) is 2. The van der Waals surface area contributed by atoms with Crippen molar-refractivity contribution in [3.63, 3.8) is 0 Å². The normalized spacial score (nSPS) is 23.9. The Hall–Kier alpha value is -1.41. The minimum atomic E-state index is -1.43. The van der Waals surface area contributed by atoms with Crippen LogP contribution in [0.3, 0.4) is 0 Å². The SMILES string of the molecule is NCc1ccc2c(c1)[C@@](N)(C(=O)O)[C@@H](CCCB(O)O)C2. The topological polar surface area (TPSA) is 130 Å². The van der Waals surface area contributed by atoms with Crippen molar-refractivity contribution in [3.8, 4) is 0 Å². The fourth-order valence-electron chi connectivity index (χ4n) is 3.13. The van der Waals surface area contributed by atoms with E-state index in [0.29, 0.717) is 31.4 Å². The Labute approximate surface area is 123 Å². The number of fused-ring (bicyclic) bond motifs is 1. The molecule has 0 spiro atoms. The molecular formula is C14H21BN2O4. The number of benzene rings is 1. The third-order valence-corrected chi connectivity index (χ3v) is 4.33. The highest BCUT2D eigenvalue weighted by Crippen LogP contribution is 2.42.